The highest BCUT2D eigenvalue weighted by Gasteiger charge is 2.37. The number of nitrogens with zero attached hydrogens (tertiary/aromatic N) is 5. The molecule has 34 heavy (non-hydrogen) atoms. The summed E-state index contributed by atoms with van der Waals surface area (Å²) in [4.78, 5) is 25.8. The highest BCUT2D eigenvalue weighted by Crippen LogP contribution is 2.48. The molecule has 0 spiro atoms. The van der Waals surface area contributed by atoms with E-state index in [0.29, 0.717) is 53.1 Å². The maximum absolute atomic E-state index is 14.7. The fourth-order valence-electron chi connectivity index (χ4n) is 5.37. The molecule has 0 unspecified atom stereocenters. The topological polar surface area (TPSA) is 109 Å². The number of carbonyl (C=O) groups is 1. The van der Waals surface area contributed by atoms with E-state index in [2.05, 4.69) is 30.3 Å². The van der Waals surface area contributed by atoms with Crippen molar-refractivity contribution in [3.63, 3.8) is 0 Å². The van der Waals surface area contributed by atoms with Crippen molar-refractivity contribution in [2.75, 3.05) is 6.61 Å². The predicted octanol–water partition coefficient (Wildman–Crippen LogP) is 5.16. The number of aromatic nitrogens is 5. The lowest BCUT2D eigenvalue weighted by Crippen LogP contribution is -2.32. The molecule has 4 aromatic heterocycles. The van der Waals surface area contributed by atoms with Gasteiger partial charge in [-0.2, -0.15) is 5.26 Å². The van der Waals surface area contributed by atoms with Crippen LogP contribution >= 0.6 is 0 Å². The van der Waals surface area contributed by atoms with Crippen molar-refractivity contribution in [1.29, 1.82) is 5.26 Å². The SMILES string of the molecule is CCOC=O.N#Cc1cnc2[nH]cc(-c3ncc4c(F)cn([C@H]5CC6CCC5CC6)c4n3)c2c1.[HH]. The number of halogens is 1. The molecule has 0 aromatic carbocycles. The standard InChI is InChI=1S/C22H19FN6.C3H6O2.H2/c23-18-11-29(19-6-12-1-3-14(19)4-2-12)22-17(18)10-27-21(28-22)16-9-26-20-15(16)5-13(7-24)8-25-20;1-2-5-3-4;/h5,8-12,14,19H,1-4,6H2,(H,25,26);3H,2H2,1H3;1H/t12?,14?,19-;;/m0../s1. The Morgan fingerprint density at radius 2 is 2.12 bits per heavy atom. The quantitative estimate of drug-likeness (QED) is 0.420. The fourth-order valence-corrected chi connectivity index (χ4v) is 5.37. The van der Waals surface area contributed by atoms with Gasteiger partial charge in [-0.3, -0.25) is 4.79 Å². The molecule has 3 saturated carbocycles. The summed E-state index contributed by atoms with van der Waals surface area (Å²) < 4.78 is 20.9. The summed E-state index contributed by atoms with van der Waals surface area (Å²) in [5.74, 6) is 1.60. The summed E-state index contributed by atoms with van der Waals surface area (Å²) >= 11 is 0. The van der Waals surface area contributed by atoms with Crippen LogP contribution < -0.4 is 0 Å². The molecule has 176 valence electrons. The number of H-pyrrole nitrogens is 1. The Morgan fingerprint density at radius 3 is 2.76 bits per heavy atom. The van der Waals surface area contributed by atoms with Crippen LogP contribution in [0, 0.1) is 29.0 Å². The van der Waals surface area contributed by atoms with E-state index in [0.717, 1.165) is 23.3 Å². The minimum absolute atomic E-state index is 0. The second-order valence-corrected chi connectivity index (χ2v) is 8.88. The number of aromatic amines is 1. The van der Waals surface area contributed by atoms with Gasteiger partial charge in [-0.15, -0.1) is 0 Å². The number of pyridine rings is 1. The number of rotatable bonds is 4. The minimum atomic E-state index is -0.264. The Balaban J connectivity index is 0.000000441. The Labute approximate surface area is 197 Å². The lowest BCUT2D eigenvalue weighted by atomic mass is 9.68. The van der Waals surface area contributed by atoms with E-state index in [1.54, 1.807) is 31.6 Å². The fraction of sp³-hybridized carbons (Fsp3) is 0.400. The van der Waals surface area contributed by atoms with E-state index >= 15 is 0 Å². The third-order valence-corrected chi connectivity index (χ3v) is 7.03. The lowest BCUT2D eigenvalue weighted by Gasteiger charge is -2.43. The molecule has 8 nitrogen and oxygen atoms in total. The molecule has 7 rings (SSSR count). The zero-order valence-electron chi connectivity index (χ0n) is 18.9. The molecule has 9 heteroatoms. The zero-order chi connectivity index (χ0) is 23.7. The molecule has 2 bridgehead atoms. The smallest absolute Gasteiger partial charge is 0.293 e. The molecule has 0 saturated heterocycles. The van der Waals surface area contributed by atoms with Crippen molar-refractivity contribution < 1.29 is 15.3 Å². The van der Waals surface area contributed by atoms with Gasteiger partial charge in [0, 0.05) is 43.2 Å². The van der Waals surface area contributed by atoms with Gasteiger partial charge in [0.1, 0.15) is 17.4 Å². The summed E-state index contributed by atoms with van der Waals surface area (Å²) in [5.41, 5.74) is 2.58. The van der Waals surface area contributed by atoms with Crippen LogP contribution in [0.5, 0.6) is 0 Å². The second kappa shape index (κ2) is 9.21. The van der Waals surface area contributed by atoms with Gasteiger partial charge < -0.3 is 14.3 Å². The maximum atomic E-state index is 14.7. The number of ether oxygens (including phenoxy) is 1. The Hall–Kier alpha value is -3.80. The van der Waals surface area contributed by atoms with E-state index < -0.39 is 0 Å². The summed E-state index contributed by atoms with van der Waals surface area (Å²) in [7, 11) is 0. The van der Waals surface area contributed by atoms with Gasteiger partial charge in [-0.05, 0) is 44.1 Å². The van der Waals surface area contributed by atoms with E-state index in [1.165, 1.54) is 31.9 Å². The third-order valence-electron chi connectivity index (χ3n) is 7.03. The summed E-state index contributed by atoms with van der Waals surface area (Å²) in [6.07, 6.45) is 12.7. The monoisotopic (exact) mass is 462 g/mol. The van der Waals surface area contributed by atoms with Crippen LogP contribution in [0.1, 0.15) is 52.1 Å². The van der Waals surface area contributed by atoms with Crippen LogP contribution in [-0.2, 0) is 9.53 Å². The lowest BCUT2D eigenvalue weighted by molar-refractivity contribution is -0.128. The van der Waals surface area contributed by atoms with Crippen molar-refractivity contribution in [3.05, 3.63) is 42.2 Å². The first-order valence-corrected chi connectivity index (χ1v) is 11.6. The summed E-state index contributed by atoms with van der Waals surface area (Å²) in [6.45, 7) is 2.66. The first-order chi connectivity index (χ1) is 16.6. The van der Waals surface area contributed by atoms with Crippen LogP contribution in [0.2, 0.25) is 0 Å². The number of carbonyl (C=O) groups excluding carboxylic acids is 1. The molecule has 4 heterocycles. The number of nitriles is 1. The van der Waals surface area contributed by atoms with Crippen LogP contribution in [-0.4, -0.2) is 37.6 Å². The predicted molar refractivity (Wildman–Crippen MR) is 126 cm³/mol. The Bertz CT molecular complexity index is 1390. The molecule has 3 aliphatic rings. The average Bonchev–Trinajstić information content (AvgIpc) is 3.45. The zero-order valence-corrected chi connectivity index (χ0v) is 18.9. The number of hydrogen-bond donors (Lipinski definition) is 1. The molecule has 4 aromatic rings. The van der Waals surface area contributed by atoms with Crippen LogP contribution in [0.3, 0.4) is 0 Å². The molecule has 0 amide bonds. The third kappa shape index (κ3) is 3.89. The van der Waals surface area contributed by atoms with E-state index in [4.69, 9.17) is 4.98 Å². The van der Waals surface area contributed by atoms with E-state index in [-0.39, 0.29) is 7.24 Å². The summed E-state index contributed by atoms with van der Waals surface area (Å²) in [6, 6.07) is 4.21. The van der Waals surface area contributed by atoms with E-state index in [9.17, 15) is 14.4 Å². The van der Waals surface area contributed by atoms with Gasteiger partial charge in [0.15, 0.2) is 11.6 Å². The van der Waals surface area contributed by atoms with Gasteiger partial charge in [-0.25, -0.2) is 19.3 Å². The van der Waals surface area contributed by atoms with Crippen molar-refractivity contribution in [2.45, 2.75) is 45.1 Å². The molecular weight excluding hydrogens is 435 g/mol. The van der Waals surface area contributed by atoms with Gasteiger partial charge in [0.2, 0.25) is 0 Å². The number of fused-ring (bicyclic) bond motifs is 5. The van der Waals surface area contributed by atoms with E-state index in [1.807, 2.05) is 0 Å². The molecule has 1 atom stereocenters. The largest absolute Gasteiger partial charge is 0.468 e. The van der Waals surface area contributed by atoms with Crippen molar-refractivity contribution in [3.8, 4) is 17.5 Å². The Morgan fingerprint density at radius 1 is 1.29 bits per heavy atom. The highest BCUT2D eigenvalue weighted by atomic mass is 19.1. The normalized spacial score (nSPS) is 21.1. The number of hydrogen-bond acceptors (Lipinski definition) is 6. The van der Waals surface area contributed by atoms with Gasteiger partial charge in [0.25, 0.3) is 6.47 Å². The van der Waals surface area contributed by atoms with Gasteiger partial charge in [-0.1, -0.05) is 12.8 Å². The highest BCUT2D eigenvalue weighted by molar-refractivity contribution is 5.93. The number of nitrogens with one attached hydrogen (secondary N) is 1. The maximum Gasteiger partial charge on any atom is 0.293 e. The molecule has 1 N–H and O–H groups in total. The van der Waals surface area contributed by atoms with Crippen molar-refractivity contribution in [2.24, 2.45) is 11.8 Å². The van der Waals surface area contributed by atoms with Crippen LogP contribution in [0.15, 0.2) is 30.9 Å². The first kappa shape index (κ1) is 22.0. The first-order valence-electron chi connectivity index (χ1n) is 11.6. The van der Waals surface area contributed by atoms with Crippen molar-refractivity contribution >= 4 is 28.5 Å². The molecule has 0 radical (unpaired) electrons. The minimum Gasteiger partial charge on any atom is -0.468 e. The van der Waals surface area contributed by atoms with Crippen LogP contribution in [0.4, 0.5) is 4.39 Å². The summed E-state index contributed by atoms with van der Waals surface area (Å²) in [5, 5.41) is 10.5. The second-order valence-electron chi connectivity index (χ2n) is 8.88. The van der Waals surface area contributed by atoms with Crippen molar-refractivity contribution in [1.82, 2.24) is 24.5 Å². The molecule has 3 fully saturated rings. The van der Waals surface area contributed by atoms with Gasteiger partial charge in [0.05, 0.1) is 17.6 Å². The molecule has 3 aliphatic carbocycles. The molecular formula is C25H27FN6O2. The Kier molecular flexibility index (Phi) is 5.97. The van der Waals surface area contributed by atoms with Gasteiger partial charge >= 0.3 is 0 Å². The molecule has 0 aliphatic heterocycles. The van der Waals surface area contributed by atoms with Crippen LogP contribution in [0.25, 0.3) is 33.5 Å². The average molecular weight is 463 g/mol.